The van der Waals surface area contributed by atoms with E-state index in [4.69, 9.17) is 0 Å². The van der Waals surface area contributed by atoms with Crippen LogP contribution in [0.1, 0.15) is 28.3 Å². The van der Waals surface area contributed by atoms with Gasteiger partial charge in [-0.05, 0) is 47.9 Å². The summed E-state index contributed by atoms with van der Waals surface area (Å²) in [5, 5.41) is 0. The number of alkyl halides is 3. The fourth-order valence-corrected chi connectivity index (χ4v) is 4.13. The van der Waals surface area contributed by atoms with Crippen LogP contribution in [0.3, 0.4) is 0 Å². The van der Waals surface area contributed by atoms with Crippen molar-refractivity contribution in [2.45, 2.75) is 24.0 Å². The van der Waals surface area contributed by atoms with Gasteiger partial charge in [0, 0.05) is 0 Å². The van der Waals surface area contributed by atoms with Gasteiger partial charge in [-0.25, -0.2) is 8.42 Å². The maximum Gasteiger partial charge on any atom is 0.416 e. The molecule has 3 nitrogen and oxygen atoms in total. The van der Waals surface area contributed by atoms with E-state index < -0.39 is 27.8 Å². The van der Waals surface area contributed by atoms with Gasteiger partial charge in [0.1, 0.15) is 0 Å². The first kappa shape index (κ1) is 20.1. The Balaban J connectivity index is 2.05. The predicted octanol–water partition coefficient (Wildman–Crippen LogP) is 5.08. The molecule has 0 aliphatic carbocycles. The molecule has 0 radical (unpaired) electrons. The molecular formula is C21H18F3NO2S. The van der Waals surface area contributed by atoms with Crippen molar-refractivity contribution < 1.29 is 21.6 Å². The van der Waals surface area contributed by atoms with Gasteiger partial charge in [-0.3, -0.25) is 0 Å². The molecule has 0 saturated carbocycles. The Hall–Kier alpha value is -2.64. The first-order chi connectivity index (χ1) is 13.2. The molecule has 0 aliphatic rings. The van der Waals surface area contributed by atoms with Crippen molar-refractivity contribution in [1.82, 2.24) is 4.72 Å². The van der Waals surface area contributed by atoms with Gasteiger partial charge < -0.3 is 0 Å². The number of nitrogens with one attached hydrogen (secondary N) is 1. The number of hydrogen-bond acceptors (Lipinski definition) is 2. The van der Waals surface area contributed by atoms with Crippen LogP contribution in [-0.2, 0) is 16.2 Å². The van der Waals surface area contributed by atoms with Crippen LogP contribution in [0.5, 0.6) is 0 Å². The van der Waals surface area contributed by atoms with Crippen LogP contribution in [0, 0.1) is 6.92 Å². The highest BCUT2D eigenvalue weighted by atomic mass is 32.2. The number of hydrogen-bond donors (Lipinski definition) is 1. The Bertz CT molecular complexity index is 1050. The summed E-state index contributed by atoms with van der Waals surface area (Å²) in [6, 6.07) is 18.7. The second-order valence-corrected chi connectivity index (χ2v) is 8.06. The largest absolute Gasteiger partial charge is 0.416 e. The van der Waals surface area contributed by atoms with Gasteiger partial charge in [0.25, 0.3) is 0 Å². The maximum absolute atomic E-state index is 12.9. The molecule has 3 rings (SSSR count). The third-order valence-corrected chi connectivity index (χ3v) is 5.84. The molecule has 0 aromatic heterocycles. The van der Waals surface area contributed by atoms with Crippen molar-refractivity contribution in [3.05, 3.63) is 101 Å². The molecule has 1 atom stereocenters. The zero-order valence-electron chi connectivity index (χ0n) is 14.9. The SMILES string of the molecule is Cc1ccccc1C(NS(=O)(=O)c1ccccc1)c1ccc(C(F)(F)F)cc1. The van der Waals surface area contributed by atoms with Crippen molar-refractivity contribution in [1.29, 1.82) is 0 Å². The Labute approximate surface area is 161 Å². The summed E-state index contributed by atoms with van der Waals surface area (Å²) in [6.45, 7) is 1.82. The normalized spacial score (nSPS) is 13.3. The fraction of sp³-hybridized carbons (Fsp3) is 0.143. The second kappa shape index (κ2) is 7.77. The highest BCUT2D eigenvalue weighted by molar-refractivity contribution is 7.89. The van der Waals surface area contributed by atoms with Gasteiger partial charge in [0.05, 0.1) is 16.5 Å². The topological polar surface area (TPSA) is 46.2 Å². The Morgan fingerprint density at radius 2 is 1.39 bits per heavy atom. The molecule has 0 spiro atoms. The van der Waals surface area contributed by atoms with Gasteiger partial charge >= 0.3 is 6.18 Å². The molecule has 0 bridgehead atoms. The quantitative estimate of drug-likeness (QED) is 0.643. The monoisotopic (exact) mass is 405 g/mol. The molecule has 1 N–H and O–H groups in total. The second-order valence-electron chi connectivity index (χ2n) is 6.34. The van der Waals surface area contributed by atoms with Crippen LogP contribution in [0.15, 0.2) is 83.8 Å². The molecule has 3 aromatic carbocycles. The van der Waals surface area contributed by atoms with E-state index >= 15 is 0 Å². The number of sulfonamides is 1. The van der Waals surface area contributed by atoms with E-state index in [1.165, 1.54) is 24.3 Å². The summed E-state index contributed by atoms with van der Waals surface area (Å²) in [7, 11) is -3.88. The molecule has 146 valence electrons. The standard InChI is InChI=1S/C21H18F3NO2S/c1-15-7-5-6-10-19(15)20(16-11-13-17(14-12-16)21(22,23)24)25-28(26,27)18-8-3-2-4-9-18/h2-14,20,25H,1H3. The number of aryl methyl sites for hydroxylation is 1. The minimum Gasteiger partial charge on any atom is -0.207 e. The van der Waals surface area contributed by atoms with E-state index in [9.17, 15) is 21.6 Å². The maximum atomic E-state index is 12.9. The van der Waals surface area contributed by atoms with Crippen molar-refractivity contribution in [2.75, 3.05) is 0 Å². The molecular weight excluding hydrogens is 387 g/mol. The molecule has 0 saturated heterocycles. The first-order valence-corrected chi connectivity index (χ1v) is 9.97. The third-order valence-electron chi connectivity index (χ3n) is 4.40. The lowest BCUT2D eigenvalue weighted by Gasteiger charge is -2.22. The summed E-state index contributed by atoms with van der Waals surface area (Å²) in [5.74, 6) is 0. The Morgan fingerprint density at radius 1 is 0.821 bits per heavy atom. The fourth-order valence-electron chi connectivity index (χ4n) is 2.91. The van der Waals surface area contributed by atoms with E-state index in [0.29, 0.717) is 11.1 Å². The summed E-state index contributed by atoms with van der Waals surface area (Å²) < 4.78 is 67.0. The molecule has 0 amide bonds. The van der Waals surface area contributed by atoms with E-state index in [1.807, 2.05) is 19.1 Å². The minimum absolute atomic E-state index is 0.0838. The van der Waals surface area contributed by atoms with E-state index in [1.54, 1.807) is 30.3 Å². The average Bonchev–Trinajstić information content (AvgIpc) is 2.67. The minimum atomic E-state index is -4.46. The van der Waals surface area contributed by atoms with Crippen molar-refractivity contribution in [2.24, 2.45) is 0 Å². The van der Waals surface area contributed by atoms with E-state index in [2.05, 4.69) is 4.72 Å². The zero-order valence-corrected chi connectivity index (χ0v) is 15.8. The molecule has 0 aliphatic heterocycles. The van der Waals surface area contributed by atoms with E-state index in [0.717, 1.165) is 17.7 Å². The van der Waals surface area contributed by atoms with Crippen LogP contribution in [0.4, 0.5) is 13.2 Å². The number of benzene rings is 3. The molecule has 28 heavy (non-hydrogen) atoms. The predicted molar refractivity (Wildman–Crippen MR) is 101 cm³/mol. The summed E-state index contributed by atoms with van der Waals surface area (Å²) in [4.78, 5) is 0.0838. The van der Waals surface area contributed by atoms with Gasteiger partial charge in [-0.1, -0.05) is 54.6 Å². The lowest BCUT2D eigenvalue weighted by molar-refractivity contribution is -0.137. The summed E-state index contributed by atoms with van der Waals surface area (Å²) in [5.41, 5.74) is 1.12. The third kappa shape index (κ3) is 4.43. The number of rotatable bonds is 5. The zero-order chi connectivity index (χ0) is 20.4. The highest BCUT2D eigenvalue weighted by Crippen LogP contribution is 2.32. The molecule has 7 heteroatoms. The summed E-state index contributed by atoms with van der Waals surface area (Å²) in [6.07, 6.45) is -4.46. The molecule has 0 fully saturated rings. The molecule has 0 heterocycles. The van der Waals surface area contributed by atoms with Crippen LogP contribution in [0.25, 0.3) is 0 Å². The van der Waals surface area contributed by atoms with Gasteiger partial charge in [-0.15, -0.1) is 0 Å². The van der Waals surface area contributed by atoms with Crippen molar-refractivity contribution in [3.8, 4) is 0 Å². The molecule has 1 unspecified atom stereocenters. The lowest BCUT2D eigenvalue weighted by atomic mass is 9.95. The van der Waals surface area contributed by atoms with Crippen LogP contribution >= 0.6 is 0 Å². The van der Waals surface area contributed by atoms with Crippen LogP contribution in [0.2, 0.25) is 0 Å². The van der Waals surface area contributed by atoms with Crippen LogP contribution < -0.4 is 4.72 Å². The van der Waals surface area contributed by atoms with Gasteiger partial charge in [0.2, 0.25) is 10.0 Å². The first-order valence-electron chi connectivity index (χ1n) is 8.48. The lowest BCUT2D eigenvalue weighted by Crippen LogP contribution is -2.30. The Kier molecular flexibility index (Phi) is 5.58. The van der Waals surface area contributed by atoms with Crippen molar-refractivity contribution >= 4 is 10.0 Å². The van der Waals surface area contributed by atoms with Crippen LogP contribution in [-0.4, -0.2) is 8.42 Å². The Morgan fingerprint density at radius 3 is 1.96 bits per heavy atom. The van der Waals surface area contributed by atoms with Crippen molar-refractivity contribution in [3.63, 3.8) is 0 Å². The highest BCUT2D eigenvalue weighted by Gasteiger charge is 2.31. The smallest absolute Gasteiger partial charge is 0.207 e. The summed E-state index contributed by atoms with van der Waals surface area (Å²) >= 11 is 0. The average molecular weight is 405 g/mol. The van der Waals surface area contributed by atoms with E-state index in [-0.39, 0.29) is 4.90 Å². The van der Waals surface area contributed by atoms with Gasteiger partial charge in [-0.2, -0.15) is 17.9 Å². The molecule has 3 aromatic rings. The number of halogens is 3. The van der Waals surface area contributed by atoms with Gasteiger partial charge in [0.15, 0.2) is 0 Å².